The fourth-order valence-corrected chi connectivity index (χ4v) is 2.11. The number of hydrogen-bond donors (Lipinski definition) is 1. The lowest BCUT2D eigenvalue weighted by molar-refractivity contribution is 0.476. The van der Waals surface area contributed by atoms with Crippen molar-refractivity contribution in [3.8, 4) is 16.9 Å². The normalized spacial score (nSPS) is 10.8. The zero-order valence-electron chi connectivity index (χ0n) is 10.4. The number of phenolic OH excluding ortho intramolecular Hbond substituents is 1. The molecule has 0 amide bonds. The summed E-state index contributed by atoms with van der Waals surface area (Å²) in [7, 11) is 0. The number of pyridine rings is 1. The molecule has 0 radical (unpaired) electrons. The van der Waals surface area contributed by atoms with Crippen molar-refractivity contribution in [1.29, 1.82) is 0 Å². The highest BCUT2D eigenvalue weighted by Gasteiger charge is 2.07. The van der Waals surface area contributed by atoms with Gasteiger partial charge in [-0.3, -0.25) is 4.98 Å². The average Bonchev–Trinajstić information content (AvgIpc) is 2.38. The first-order valence-electron chi connectivity index (χ1n) is 5.99. The Hall–Kier alpha value is -2.42. The van der Waals surface area contributed by atoms with Crippen molar-refractivity contribution in [2.45, 2.75) is 6.92 Å². The molecule has 1 N–H and O–H groups in total. The minimum atomic E-state index is -0.250. The summed E-state index contributed by atoms with van der Waals surface area (Å²) in [6.45, 7) is 1.86. The molecule has 0 aliphatic carbocycles. The smallest absolute Gasteiger partial charge is 0.131 e. The molecule has 3 heteroatoms. The summed E-state index contributed by atoms with van der Waals surface area (Å²) in [5.41, 5.74) is 2.85. The molecule has 0 aliphatic rings. The van der Waals surface area contributed by atoms with Gasteiger partial charge in [-0.1, -0.05) is 12.1 Å². The zero-order valence-corrected chi connectivity index (χ0v) is 10.4. The Balaban J connectivity index is 2.17. The van der Waals surface area contributed by atoms with Gasteiger partial charge >= 0.3 is 0 Å². The Bertz CT molecular complexity index is 768. The maximum absolute atomic E-state index is 13.9. The van der Waals surface area contributed by atoms with Crippen molar-refractivity contribution in [3.63, 3.8) is 0 Å². The number of aromatic hydroxyl groups is 1. The average molecular weight is 253 g/mol. The first-order chi connectivity index (χ1) is 9.13. The SMILES string of the molecule is Cc1ccc(-c2cnc3cc(O)ccc3c2)c(F)c1. The predicted molar refractivity (Wildman–Crippen MR) is 73.5 cm³/mol. The van der Waals surface area contributed by atoms with Crippen molar-refractivity contribution in [2.75, 3.05) is 0 Å². The number of nitrogens with zero attached hydrogens (tertiary/aromatic N) is 1. The van der Waals surface area contributed by atoms with Crippen LogP contribution >= 0.6 is 0 Å². The van der Waals surface area contributed by atoms with E-state index >= 15 is 0 Å². The van der Waals surface area contributed by atoms with Crippen molar-refractivity contribution < 1.29 is 9.50 Å². The van der Waals surface area contributed by atoms with Gasteiger partial charge in [-0.05, 0) is 36.8 Å². The molecule has 0 unspecified atom stereocenters. The zero-order chi connectivity index (χ0) is 13.4. The summed E-state index contributed by atoms with van der Waals surface area (Å²) >= 11 is 0. The summed E-state index contributed by atoms with van der Waals surface area (Å²) in [6, 6.07) is 12.0. The van der Waals surface area contributed by atoms with Crippen LogP contribution < -0.4 is 0 Å². The lowest BCUT2D eigenvalue weighted by Crippen LogP contribution is -1.88. The third-order valence-corrected chi connectivity index (χ3v) is 3.10. The maximum Gasteiger partial charge on any atom is 0.131 e. The first-order valence-corrected chi connectivity index (χ1v) is 5.99. The van der Waals surface area contributed by atoms with E-state index in [0.29, 0.717) is 11.1 Å². The molecule has 94 valence electrons. The third kappa shape index (κ3) is 2.15. The Kier molecular flexibility index (Phi) is 2.67. The molecular formula is C16H12FNO. The molecule has 0 bridgehead atoms. The van der Waals surface area contributed by atoms with Gasteiger partial charge in [0.25, 0.3) is 0 Å². The molecule has 0 fully saturated rings. The van der Waals surface area contributed by atoms with E-state index in [1.54, 1.807) is 30.5 Å². The van der Waals surface area contributed by atoms with Gasteiger partial charge in [-0.2, -0.15) is 0 Å². The van der Waals surface area contributed by atoms with Gasteiger partial charge in [0.05, 0.1) is 5.52 Å². The second kappa shape index (κ2) is 4.35. The number of hydrogen-bond acceptors (Lipinski definition) is 2. The molecular weight excluding hydrogens is 241 g/mol. The number of aromatic nitrogens is 1. The molecule has 0 saturated heterocycles. The highest BCUT2D eigenvalue weighted by atomic mass is 19.1. The van der Waals surface area contributed by atoms with Crippen LogP contribution in [0, 0.1) is 12.7 Å². The van der Waals surface area contributed by atoms with Crippen LogP contribution in [0.5, 0.6) is 5.75 Å². The molecule has 19 heavy (non-hydrogen) atoms. The number of halogens is 1. The number of benzene rings is 2. The van der Waals surface area contributed by atoms with Crippen LogP contribution in [-0.2, 0) is 0 Å². The summed E-state index contributed by atoms with van der Waals surface area (Å²) in [5, 5.41) is 10.3. The first kappa shape index (κ1) is 11.7. The van der Waals surface area contributed by atoms with Crippen LogP contribution in [0.4, 0.5) is 4.39 Å². The van der Waals surface area contributed by atoms with E-state index in [1.165, 1.54) is 6.07 Å². The maximum atomic E-state index is 13.9. The van der Waals surface area contributed by atoms with E-state index in [2.05, 4.69) is 4.98 Å². The van der Waals surface area contributed by atoms with Crippen LogP contribution in [-0.4, -0.2) is 10.1 Å². The van der Waals surface area contributed by atoms with Gasteiger partial charge in [0.2, 0.25) is 0 Å². The standard InChI is InChI=1S/C16H12FNO/c1-10-2-5-14(15(17)6-10)12-7-11-3-4-13(19)8-16(11)18-9-12/h2-9,19H,1H3. The number of aryl methyl sites for hydroxylation is 1. The monoisotopic (exact) mass is 253 g/mol. The van der Waals surface area contributed by atoms with Gasteiger partial charge in [0, 0.05) is 28.8 Å². The van der Waals surface area contributed by atoms with Gasteiger partial charge in [-0.15, -0.1) is 0 Å². The van der Waals surface area contributed by atoms with E-state index in [-0.39, 0.29) is 11.6 Å². The van der Waals surface area contributed by atoms with E-state index in [1.807, 2.05) is 19.1 Å². The molecule has 0 atom stereocenters. The molecule has 2 aromatic carbocycles. The van der Waals surface area contributed by atoms with Crippen molar-refractivity contribution in [2.24, 2.45) is 0 Å². The minimum absolute atomic E-state index is 0.175. The fourth-order valence-electron chi connectivity index (χ4n) is 2.11. The molecule has 1 aromatic heterocycles. The largest absolute Gasteiger partial charge is 0.508 e. The van der Waals surface area contributed by atoms with Crippen LogP contribution in [0.15, 0.2) is 48.7 Å². The predicted octanol–water partition coefficient (Wildman–Crippen LogP) is 4.05. The fraction of sp³-hybridized carbons (Fsp3) is 0.0625. The summed E-state index contributed by atoms with van der Waals surface area (Å²) in [4.78, 5) is 4.26. The molecule has 0 saturated carbocycles. The Morgan fingerprint density at radius 2 is 1.89 bits per heavy atom. The Morgan fingerprint density at radius 3 is 2.68 bits per heavy atom. The van der Waals surface area contributed by atoms with Gasteiger partial charge in [-0.25, -0.2) is 4.39 Å². The van der Waals surface area contributed by atoms with E-state index in [9.17, 15) is 9.50 Å². The van der Waals surface area contributed by atoms with E-state index in [0.717, 1.165) is 16.5 Å². The highest BCUT2D eigenvalue weighted by molar-refractivity contribution is 5.84. The summed E-state index contributed by atoms with van der Waals surface area (Å²) in [5.74, 6) is -0.0748. The van der Waals surface area contributed by atoms with Crippen LogP contribution in [0.3, 0.4) is 0 Å². The minimum Gasteiger partial charge on any atom is -0.508 e. The second-order valence-corrected chi connectivity index (χ2v) is 4.58. The van der Waals surface area contributed by atoms with Gasteiger partial charge in [0.1, 0.15) is 11.6 Å². The van der Waals surface area contributed by atoms with Crippen molar-refractivity contribution in [3.05, 3.63) is 60.0 Å². The summed E-state index contributed by atoms with van der Waals surface area (Å²) < 4.78 is 13.9. The molecule has 3 rings (SSSR count). The molecule has 0 aliphatic heterocycles. The Labute approximate surface area is 110 Å². The second-order valence-electron chi connectivity index (χ2n) is 4.58. The lowest BCUT2D eigenvalue weighted by Gasteiger charge is -2.06. The number of rotatable bonds is 1. The highest BCUT2D eigenvalue weighted by Crippen LogP contribution is 2.27. The van der Waals surface area contributed by atoms with Crippen molar-refractivity contribution in [1.82, 2.24) is 4.98 Å². The van der Waals surface area contributed by atoms with Gasteiger partial charge < -0.3 is 5.11 Å². The Morgan fingerprint density at radius 1 is 1.05 bits per heavy atom. The van der Waals surface area contributed by atoms with Crippen LogP contribution in [0.25, 0.3) is 22.0 Å². The number of phenols is 1. The van der Waals surface area contributed by atoms with Crippen LogP contribution in [0.1, 0.15) is 5.56 Å². The third-order valence-electron chi connectivity index (χ3n) is 3.10. The molecule has 1 heterocycles. The quantitative estimate of drug-likeness (QED) is 0.709. The van der Waals surface area contributed by atoms with E-state index < -0.39 is 0 Å². The van der Waals surface area contributed by atoms with Gasteiger partial charge in [0.15, 0.2) is 0 Å². The molecule has 0 spiro atoms. The van der Waals surface area contributed by atoms with Crippen molar-refractivity contribution >= 4 is 10.9 Å². The molecule has 3 aromatic rings. The van der Waals surface area contributed by atoms with E-state index in [4.69, 9.17) is 0 Å². The molecule has 2 nitrogen and oxygen atoms in total. The lowest BCUT2D eigenvalue weighted by atomic mass is 10.0. The number of fused-ring (bicyclic) bond motifs is 1. The van der Waals surface area contributed by atoms with Crippen LogP contribution in [0.2, 0.25) is 0 Å². The summed E-state index contributed by atoms with van der Waals surface area (Å²) in [6.07, 6.45) is 1.62. The topological polar surface area (TPSA) is 33.1 Å².